The van der Waals surface area contributed by atoms with Crippen LogP contribution in [0.2, 0.25) is 0 Å². The fraction of sp³-hybridized carbons (Fsp3) is 0.846. The zero-order valence-electron chi connectivity index (χ0n) is 10.8. The molecule has 5 nitrogen and oxygen atoms in total. The van der Waals surface area contributed by atoms with Gasteiger partial charge < -0.3 is 16.4 Å². The molecule has 1 saturated heterocycles. The maximum Gasteiger partial charge on any atom is 0.242 e. The summed E-state index contributed by atoms with van der Waals surface area (Å²) in [5, 5.41) is 5.71. The van der Waals surface area contributed by atoms with Gasteiger partial charge in [-0.3, -0.25) is 9.59 Å². The lowest BCUT2D eigenvalue weighted by Gasteiger charge is -2.30. The first kappa shape index (κ1) is 13.3. The van der Waals surface area contributed by atoms with Crippen molar-refractivity contribution in [2.75, 3.05) is 6.54 Å². The minimum Gasteiger partial charge on any atom is -0.350 e. The molecule has 1 aliphatic carbocycles. The van der Waals surface area contributed by atoms with Crippen LogP contribution in [-0.4, -0.2) is 30.4 Å². The number of nitrogens with two attached hydrogens (primary N) is 1. The van der Waals surface area contributed by atoms with Gasteiger partial charge in [0.25, 0.3) is 0 Å². The second-order valence-corrected chi connectivity index (χ2v) is 5.41. The lowest BCUT2D eigenvalue weighted by atomic mass is 9.84. The zero-order valence-corrected chi connectivity index (χ0v) is 10.8. The average molecular weight is 253 g/mol. The molecule has 2 atom stereocenters. The molecule has 2 unspecified atom stereocenters. The molecule has 1 heterocycles. The normalized spacial score (nSPS) is 26.7. The summed E-state index contributed by atoms with van der Waals surface area (Å²) >= 11 is 0. The van der Waals surface area contributed by atoms with Gasteiger partial charge in [0.1, 0.15) is 6.04 Å². The summed E-state index contributed by atoms with van der Waals surface area (Å²) in [7, 11) is 0. The van der Waals surface area contributed by atoms with E-state index in [-0.39, 0.29) is 23.9 Å². The van der Waals surface area contributed by atoms with Crippen molar-refractivity contribution in [3.8, 4) is 0 Å². The summed E-state index contributed by atoms with van der Waals surface area (Å²) in [5.41, 5.74) is 5.78. The van der Waals surface area contributed by atoms with Crippen molar-refractivity contribution in [1.29, 1.82) is 0 Å². The van der Waals surface area contributed by atoms with Gasteiger partial charge in [-0.1, -0.05) is 19.3 Å². The molecular weight excluding hydrogens is 230 g/mol. The number of carbonyl (C=O) groups is 2. The predicted molar refractivity (Wildman–Crippen MR) is 68.7 cm³/mol. The number of nitrogens with one attached hydrogen (secondary N) is 2. The highest BCUT2D eigenvalue weighted by atomic mass is 16.2. The van der Waals surface area contributed by atoms with Crippen molar-refractivity contribution in [3.63, 3.8) is 0 Å². The van der Waals surface area contributed by atoms with E-state index in [9.17, 15) is 9.59 Å². The van der Waals surface area contributed by atoms with Crippen LogP contribution in [0.1, 0.15) is 44.9 Å². The molecule has 0 spiro atoms. The Bertz CT molecular complexity index is 313. The highest BCUT2D eigenvalue weighted by Crippen LogP contribution is 2.26. The van der Waals surface area contributed by atoms with E-state index < -0.39 is 0 Å². The van der Waals surface area contributed by atoms with Gasteiger partial charge in [-0.15, -0.1) is 0 Å². The molecule has 2 amide bonds. The minimum absolute atomic E-state index is 0.0304. The standard InChI is InChI=1S/C13H23N3O2/c14-8-11(9-4-2-1-3-5-9)16-13(18)10-6-7-12(17)15-10/h9-11H,1-8,14H2,(H,15,17)(H,16,18). The Labute approximate surface area is 108 Å². The van der Waals surface area contributed by atoms with Crippen LogP contribution in [0.15, 0.2) is 0 Å². The van der Waals surface area contributed by atoms with E-state index in [4.69, 9.17) is 5.73 Å². The first-order valence-electron chi connectivity index (χ1n) is 7.00. The van der Waals surface area contributed by atoms with Crippen LogP contribution in [0.4, 0.5) is 0 Å². The van der Waals surface area contributed by atoms with E-state index in [1.807, 2.05) is 0 Å². The van der Waals surface area contributed by atoms with Crippen LogP contribution in [0.25, 0.3) is 0 Å². The van der Waals surface area contributed by atoms with Crippen LogP contribution in [-0.2, 0) is 9.59 Å². The van der Waals surface area contributed by atoms with E-state index in [1.165, 1.54) is 19.3 Å². The summed E-state index contributed by atoms with van der Waals surface area (Å²) in [6.07, 6.45) is 7.12. The van der Waals surface area contributed by atoms with Gasteiger partial charge in [-0.25, -0.2) is 0 Å². The molecule has 5 heteroatoms. The molecular formula is C13H23N3O2. The smallest absolute Gasteiger partial charge is 0.242 e. The Balaban J connectivity index is 1.85. The van der Waals surface area contributed by atoms with E-state index in [0.29, 0.717) is 25.3 Å². The average Bonchev–Trinajstić information content (AvgIpc) is 2.83. The SMILES string of the molecule is NCC(NC(=O)C1CCC(=O)N1)C1CCCCC1. The fourth-order valence-electron chi connectivity index (χ4n) is 3.00. The third-order valence-electron chi connectivity index (χ3n) is 4.11. The molecule has 18 heavy (non-hydrogen) atoms. The van der Waals surface area contributed by atoms with Crippen molar-refractivity contribution >= 4 is 11.8 Å². The number of amides is 2. The summed E-state index contributed by atoms with van der Waals surface area (Å²) in [6.45, 7) is 0.483. The third kappa shape index (κ3) is 3.22. The van der Waals surface area contributed by atoms with Crippen molar-refractivity contribution in [2.45, 2.75) is 57.0 Å². The minimum atomic E-state index is -0.352. The predicted octanol–water partition coefficient (Wildman–Crippen LogP) is 0.289. The van der Waals surface area contributed by atoms with Crippen molar-refractivity contribution in [1.82, 2.24) is 10.6 Å². The van der Waals surface area contributed by atoms with Gasteiger partial charge in [0.15, 0.2) is 0 Å². The highest BCUT2D eigenvalue weighted by molar-refractivity contribution is 5.90. The molecule has 0 aromatic heterocycles. The summed E-state index contributed by atoms with van der Waals surface area (Å²) in [6, 6.07) is -0.287. The molecule has 2 rings (SSSR count). The highest BCUT2D eigenvalue weighted by Gasteiger charge is 2.30. The topological polar surface area (TPSA) is 84.2 Å². The number of carbonyl (C=O) groups excluding carboxylic acids is 2. The summed E-state index contributed by atoms with van der Waals surface area (Å²) in [4.78, 5) is 23.1. The number of hydrogen-bond acceptors (Lipinski definition) is 3. The van der Waals surface area contributed by atoms with Crippen LogP contribution in [0.3, 0.4) is 0 Å². The lowest BCUT2D eigenvalue weighted by molar-refractivity contribution is -0.126. The molecule has 1 aliphatic heterocycles. The van der Waals surface area contributed by atoms with Gasteiger partial charge >= 0.3 is 0 Å². The summed E-state index contributed by atoms with van der Waals surface area (Å²) < 4.78 is 0. The molecule has 2 aliphatic rings. The second kappa shape index (κ2) is 6.18. The molecule has 0 aromatic carbocycles. The van der Waals surface area contributed by atoms with Crippen LogP contribution in [0, 0.1) is 5.92 Å². The first-order valence-corrected chi connectivity index (χ1v) is 7.00. The van der Waals surface area contributed by atoms with E-state index >= 15 is 0 Å². The van der Waals surface area contributed by atoms with Gasteiger partial charge in [-0.05, 0) is 25.2 Å². The third-order valence-corrected chi connectivity index (χ3v) is 4.11. The van der Waals surface area contributed by atoms with Gasteiger partial charge in [0.05, 0.1) is 0 Å². The molecule has 1 saturated carbocycles. The van der Waals surface area contributed by atoms with Crippen LogP contribution in [0.5, 0.6) is 0 Å². The van der Waals surface area contributed by atoms with Crippen LogP contribution < -0.4 is 16.4 Å². The Morgan fingerprint density at radius 2 is 2.06 bits per heavy atom. The molecule has 4 N–H and O–H groups in total. The van der Waals surface area contributed by atoms with Gasteiger partial charge in [0.2, 0.25) is 11.8 Å². The Hall–Kier alpha value is -1.10. The maximum atomic E-state index is 12.0. The molecule has 0 aromatic rings. The molecule has 0 bridgehead atoms. The first-order chi connectivity index (χ1) is 8.70. The molecule has 0 radical (unpaired) electrons. The molecule has 102 valence electrons. The van der Waals surface area contributed by atoms with Crippen molar-refractivity contribution in [3.05, 3.63) is 0 Å². The van der Waals surface area contributed by atoms with Crippen LogP contribution >= 0.6 is 0 Å². The Kier molecular flexibility index (Phi) is 4.58. The largest absolute Gasteiger partial charge is 0.350 e. The number of rotatable bonds is 4. The van der Waals surface area contributed by atoms with Crippen molar-refractivity contribution < 1.29 is 9.59 Å². The monoisotopic (exact) mass is 253 g/mol. The second-order valence-electron chi connectivity index (χ2n) is 5.41. The lowest BCUT2D eigenvalue weighted by Crippen LogP contribution is -2.51. The van der Waals surface area contributed by atoms with Crippen molar-refractivity contribution in [2.24, 2.45) is 11.7 Å². The molecule has 2 fully saturated rings. The Morgan fingerprint density at radius 3 is 2.61 bits per heavy atom. The number of hydrogen-bond donors (Lipinski definition) is 3. The maximum absolute atomic E-state index is 12.0. The van der Waals surface area contributed by atoms with Gasteiger partial charge in [0, 0.05) is 19.0 Å². The fourth-order valence-corrected chi connectivity index (χ4v) is 3.00. The van der Waals surface area contributed by atoms with E-state index in [0.717, 1.165) is 12.8 Å². The zero-order chi connectivity index (χ0) is 13.0. The Morgan fingerprint density at radius 1 is 1.33 bits per heavy atom. The quantitative estimate of drug-likeness (QED) is 0.673. The van der Waals surface area contributed by atoms with E-state index in [1.54, 1.807) is 0 Å². The van der Waals surface area contributed by atoms with Gasteiger partial charge in [-0.2, -0.15) is 0 Å². The van der Waals surface area contributed by atoms with E-state index in [2.05, 4.69) is 10.6 Å². The summed E-state index contributed by atoms with van der Waals surface area (Å²) in [5.74, 6) is 0.406.